The lowest BCUT2D eigenvalue weighted by Gasteiger charge is -2.13. The lowest BCUT2D eigenvalue weighted by Crippen LogP contribution is -2.19. The van der Waals surface area contributed by atoms with E-state index in [2.05, 4.69) is 14.5 Å². The van der Waals surface area contributed by atoms with Gasteiger partial charge in [0.15, 0.2) is 11.4 Å². The van der Waals surface area contributed by atoms with Crippen molar-refractivity contribution in [2.24, 2.45) is 0 Å². The summed E-state index contributed by atoms with van der Waals surface area (Å²) in [6.07, 6.45) is -4.21. The van der Waals surface area contributed by atoms with E-state index in [0.29, 0.717) is 6.20 Å². The van der Waals surface area contributed by atoms with Crippen molar-refractivity contribution in [2.75, 3.05) is 6.61 Å². The van der Waals surface area contributed by atoms with Gasteiger partial charge in [-0.05, 0) is 29.5 Å². The number of rotatable bonds is 4. The molecule has 0 N–H and O–H groups in total. The number of ether oxygens (including phenoxy) is 2. The molecule has 0 amide bonds. The molecule has 0 aliphatic rings. The Morgan fingerprint density at radius 3 is 2.58 bits per heavy atom. The third kappa shape index (κ3) is 4.18. The van der Waals surface area contributed by atoms with Gasteiger partial charge in [0.25, 0.3) is 0 Å². The topological polar surface area (TPSA) is 48.4 Å². The summed E-state index contributed by atoms with van der Waals surface area (Å²) < 4.78 is 57.3. The first kappa shape index (κ1) is 15.9. The van der Waals surface area contributed by atoms with Crippen LogP contribution in [0, 0.1) is 3.57 Å². The van der Waals surface area contributed by atoms with Crippen molar-refractivity contribution in [1.82, 2.24) is 4.98 Å². The maximum Gasteiger partial charge on any atom is 0.573 e. The highest BCUT2D eigenvalue weighted by Crippen LogP contribution is 2.31. The van der Waals surface area contributed by atoms with E-state index < -0.39 is 24.8 Å². The van der Waals surface area contributed by atoms with Crippen molar-refractivity contribution in [3.63, 3.8) is 0 Å². The van der Waals surface area contributed by atoms with Gasteiger partial charge in [-0.25, -0.2) is 14.2 Å². The Hall–Kier alpha value is -1.13. The molecule has 0 fully saturated rings. The van der Waals surface area contributed by atoms with Crippen molar-refractivity contribution in [2.45, 2.75) is 20.0 Å². The van der Waals surface area contributed by atoms with Gasteiger partial charge in [-0.3, -0.25) is 0 Å². The molecule has 0 aliphatic carbocycles. The van der Waals surface area contributed by atoms with Gasteiger partial charge in [0, 0.05) is 5.56 Å². The molecule has 0 spiro atoms. The van der Waals surface area contributed by atoms with Crippen LogP contribution in [0.25, 0.3) is 0 Å². The van der Waals surface area contributed by atoms with Crippen LogP contribution < -0.4 is 4.74 Å². The maximum absolute atomic E-state index is 12.9. The van der Waals surface area contributed by atoms with E-state index in [1.54, 1.807) is 6.92 Å². The lowest BCUT2D eigenvalue weighted by atomic mass is 10.2. The number of alkyl halides is 4. The van der Waals surface area contributed by atoms with Crippen LogP contribution >= 0.6 is 22.6 Å². The Kier molecular flexibility index (Phi) is 5.32. The predicted octanol–water partition coefficient (Wildman–Crippen LogP) is 3.23. The zero-order valence-corrected chi connectivity index (χ0v) is 11.7. The standard InChI is InChI=1S/C10H8F4INO3/c1-2-18-9(17)8-5(3-11)7(15)6(4-16-8)19-10(12,13)14/h4H,2-3H2,1H3. The van der Waals surface area contributed by atoms with E-state index in [1.807, 2.05) is 0 Å². The molecule has 1 aromatic heterocycles. The Bertz CT molecular complexity index is 479. The van der Waals surface area contributed by atoms with Crippen LogP contribution in [0.5, 0.6) is 5.75 Å². The van der Waals surface area contributed by atoms with Crippen LogP contribution in [-0.2, 0) is 11.4 Å². The monoisotopic (exact) mass is 393 g/mol. The van der Waals surface area contributed by atoms with E-state index in [1.165, 1.54) is 22.6 Å². The molecule has 0 atom stereocenters. The molecule has 1 rings (SSSR count). The zero-order chi connectivity index (χ0) is 14.6. The molecular formula is C10H8F4INO3. The second-order valence-electron chi connectivity index (χ2n) is 3.17. The fourth-order valence-electron chi connectivity index (χ4n) is 1.20. The van der Waals surface area contributed by atoms with Crippen molar-refractivity contribution in [3.8, 4) is 5.75 Å². The van der Waals surface area contributed by atoms with E-state index in [9.17, 15) is 22.4 Å². The first-order valence-electron chi connectivity index (χ1n) is 4.96. The Labute approximate surface area is 119 Å². The largest absolute Gasteiger partial charge is 0.573 e. The van der Waals surface area contributed by atoms with Crippen LogP contribution in [-0.4, -0.2) is 23.9 Å². The third-order valence-corrected chi connectivity index (χ3v) is 3.09. The molecule has 0 saturated heterocycles. The normalized spacial score (nSPS) is 11.3. The van der Waals surface area contributed by atoms with Crippen molar-refractivity contribution >= 4 is 28.6 Å². The van der Waals surface area contributed by atoms with E-state index in [0.717, 1.165) is 0 Å². The molecule has 0 aromatic carbocycles. The number of carbonyl (C=O) groups excluding carboxylic acids is 1. The van der Waals surface area contributed by atoms with Gasteiger partial charge >= 0.3 is 12.3 Å². The summed E-state index contributed by atoms with van der Waals surface area (Å²) in [7, 11) is 0. The number of carbonyl (C=O) groups is 1. The molecule has 0 saturated carbocycles. The van der Waals surface area contributed by atoms with Crippen LogP contribution in [0.3, 0.4) is 0 Å². The van der Waals surface area contributed by atoms with Gasteiger partial charge in [-0.15, -0.1) is 13.2 Å². The third-order valence-electron chi connectivity index (χ3n) is 1.91. The minimum Gasteiger partial charge on any atom is -0.461 e. The highest BCUT2D eigenvalue weighted by atomic mass is 127. The molecule has 0 bridgehead atoms. The summed E-state index contributed by atoms with van der Waals surface area (Å²) in [5.74, 6) is -1.56. The Morgan fingerprint density at radius 1 is 1.47 bits per heavy atom. The van der Waals surface area contributed by atoms with Crippen molar-refractivity contribution in [3.05, 3.63) is 21.0 Å². The molecule has 0 unspecified atom stereocenters. The quantitative estimate of drug-likeness (QED) is 0.448. The fraction of sp³-hybridized carbons (Fsp3) is 0.400. The SMILES string of the molecule is CCOC(=O)c1ncc(OC(F)(F)F)c(I)c1CF. The van der Waals surface area contributed by atoms with Gasteiger partial charge in [-0.2, -0.15) is 0 Å². The second-order valence-corrected chi connectivity index (χ2v) is 4.24. The Morgan fingerprint density at radius 2 is 2.11 bits per heavy atom. The molecule has 9 heteroatoms. The number of hydrogen-bond acceptors (Lipinski definition) is 4. The van der Waals surface area contributed by atoms with Gasteiger partial charge in [0.2, 0.25) is 0 Å². The first-order chi connectivity index (χ1) is 8.80. The smallest absolute Gasteiger partial charge is 0.461 e. The zero-order valence-electron chi connectivity index (χ0n) is 9.55. The molecule has 4 nitrogen and oxygen atoms in total. The number of esters is 1. The molecule has 0 radical (unpaired) electrons. The highest BCUT2D eigenvalue weighted by Gasteiger charge is 2.33. The number of halogens is 5. The van der Waals surface area contributed by atoms with E-state index in [4.69, 9.17) is 0 Å². The molecule has 106 valence electrons. The van der Waals surface area contributed by atoms with Crippen molar-refractivity contribution < 1.29 is 31.8 Å². The van der Waals surface area contributed by atoms with Gasteiger partial charge in [0.05, 0.1) is 16.4 Å². The van der Waals surface area contributed by atoms with Crippen LogP contribution in [0.1, 0.15) is 23.0 Å². The number of aromatic nitrogens is 1. The Balaban J connectivity index is 3.19. The van der Waals surface area contributed by atoms with Gasteiger partial charge < -0.3 is 9.47 Å². The maximum atomic E-state index is 12.9. The van der Waals surface area contributed by atoms with E-state index >= 15 is 0 Å². The summed E-state index contributed by atoms with van der Waals surface area (Å²) in [6.45, 7) is 0.428. The highest BCUT2D eigenvalue weighted by molar-refractivity contribution is 14.1. The first-order valence-corrected chi connectivity index (χ1v) is 6.04. The van der Waals surface area contributed by atoms with E-state index in [-0.39, 0.29) is 21.4 Å². The summed E-state index contributed by atoms with van der Waals surface area (Å²) in [5, 5.41) is 0. The lowest BCUT2D eigenvalue weighted by molar-refractivity contribution is -0.275. The second kappa shape index (κ2) is 6.35. The summed E-state index contributed by atoms with van der Waals surface area (Å²) in [4.78, 5) is 14.9. The summed E-state index contributed by atoms with van der Waals surface area (Å²) in [6, 6.07) is 0. The number of nitrogens with zero attached hydrogens (tertiary/aromatic N) is 1. The van der Waals surface area contributed by atoms with Crippen LogP contribution in [0.2, 0.25) is 0 Å². The van der Waals surface area contributed by atoms with Crippen molar-refractivity contribution in [1.29, 1.82) is 0 Å². The fourth-order valence-corrected chi connectivity index (χ4v) is 1.85. The summed E-state index contributed by atoms with van der Waals surface area (Å²) in [5.41, 5.74) is -0.649. The molecular weight excluding hydrogens is 385 g/mol. The molecule has 19 heavy (non-hydrogen) atoms. The minimum atomic E-state index is -4.92. The van der Waals surface area contributed by atoms with Gasteiger partial charge in [-0.1, -0.05) is 0 Å². The minimum absolute atomic E-state index is 0.0453. The average molecular weight is 393 g/mol. The molecule has 1 aromatic rings. The predicted molar refractivity (Wildman–Crippen MR) is 64.4 cm³/mol. The van der Waals surface area contributed by atoms with Crippen LogP contribution in [0.4, 0.5) is 17.6 Å². The average Bonchev–Trinajstić information content (AvgIpc) is 2.30. The summed E-state index contributed by atoms with van der Waals surface area (Å²) >= 11 is 1.46. The van der Waals surface area contributed by atoms with Gasteiger partial charge in [0.1, 0.15) is 6.67 Å². The number of pyridine rings is 1. The van der Waals surface area contributed by atoms with Crippen LogP contribution in [0.15, 0.2) is 6.20 Å². The molecule has 0 aliphatic heterocycles. The number of hydrogen-bond donors (Lipinski definition) is 0. The molecule has 1 heterocycles.